The van der Waals surface area contributed by atoms with Crippen LogP contribution in [0, 0.1) is 5.82 Å². The number of nitrogens with zero attached hydrogens (tertiary/aromatic N) is 1. The summed E-state index contributed by atoms with van der Waals surface area (Å²) in [6.45, 7) is 0.399. The van der Waals surface area contributed by atoms with Gasteiger partial charge in [0.2, 0.25) is 0 Å². The number of pyridine rings is 1. The largest absolute Gasteiger partial charge is 0.497 e. The first-order valence-corrected chi connectivity index (χ1v) is 8.34. The van der Waals surface area contributed by atoms with Crippen LogP contribution in [0.2, 0.25) is 0 Å². The van der Waals surface area contributed by atoms with Gasteiger partial charge in [0.05, 0.1) is 18.6 Å². The van der Waals surface area contributed by atoms with E-state index in [4.69, 9.17) is 4.74 Å². The van der Waals surface area contributed by atoms with Crippen molar-refractivity contribution in [3.63, 3.8) is 0 Å². The lowest BCUT2D eigenvalue weighted by molar-refractivity contribution is 0.0962. The molecule has 0 saturated heterocycles. The molecule has 4 nitrogen and oxygen atoms in total. The van der Waals surface area contributed by atoms with Crippen LogP contribution in [-0.2, 0) is 0 Å². The highest BCUT2D eigenvalue weighted by Gasteiger charge is 2.32. The van der Waals surface area contributed by atoms with Gasteiger partial charge in [-0.15, -0.1) is 0 Å². The molecular formula is C21H17FN2O2. The van der Waals surface area contributed by atoms with Gasteiger partial charge >= 0.3 is 0 Å². The highest BCUT2D eigenvalue weighted by molar-refractivity contribution is 6.03. The quantitative estimate of drug-likeness (QED) is 0.715. The number of rotatable bonds is 4. The van der Waals surface area contributed by atoms with E-state index in [0.29, 0.717) is 18.1 Å². The van der Waals surface area contributed by atoms with Crippen molar-refractivity contribution in [3.05, 3.63) is 77.7 Å². The molecule has 26 heavy (non-hydrogen) atoms. The minimum Gasteiger partial charge on any atom is -0.497 e. The zero-order chi connectivity index (χ0) is 18.1. The summed E-state index contributed by atoms with van der Waals surface area (Å²) in [5.41, 5.74) is 2.78. The molecule has 0 aliphatic carbocycles. The van der Waals surface area contributed by atoms with Crippen molar-refractivity contribution >= 4 is 11.6 Å². The van der Waals surface area contributed by atoms with Crippen molar-refractivity contribution in [1.82, 2.24) is 4.98 Å². The summed E-state index contributed by atoms with van der Waals surface area (Å²) in [6.07, 6.45) is 1.78. The number of aromatic nitrogens is 1. The number of carbonyl (C=O) groups is 1. The number of ketones is 1. The van der Waals surface area contributed by atoms with Gasteiger partial charge in [-0.1, -0.05) is 30.3 Å². The first-order valence-electron chi connectivity index (χ1n) is 8.34. The van der Waals surface area contributed by atoms with E-state index in [-0.39, 0.29) is 11.3 Å². The van der Waals surface area contributed by atoms with E-state index >= 15 is 0 Å². The number of halogens is 1. The Balaban J connectivity index is 1.72. The van der Waals surface area contributed by atoms with E-state index in [1.165, 1.54) is 25.3 Å². The van der Waals surface area contributed by atoms with E-state index < -0.39 is 11.7 Å². The number of nitrogens with one attached hydrogen (secondary N) is 1. The number of methoxy groups -OCH3 is 1. The number of anilines is 1. The monoisotopic (exact) mass is 348 g/mol. The van der Waals surface area contributed by atoms with Gasteiger partial charge in [-0.3, -0.25) is 4.79 Å². The number of Topliss-reactive ketones (excluding diaryl/α,β-unsaturated/α-hetero) is 1. The maximum absolute atomic E-state index is 14.2. The van der Waals surface area contributed by atoms with Crippen LogP contribution in [0.3, 0.4) is 0 Å². The first-order chi connectivity index (χ1) is 12.7. The molecule has 1 N–H and O–H groups in total. The second kappa shape index (κ2) is 6.59. The summed E-state index contributed by atoms with van der Waals surface area (Å²) >= 11 is 0. The van der Waals surface area contributed by atoms with Gasteiger partial charge in [-0.25, -0.2) is 9.37 Å². The zero-order valence-corrected chi connectivity index (χ0v) is 14.2. The maximum Gasteiger partial charge on any atom is 0.175 e. The molecule has 2 heterocycles. The van der Waals surface area contributed by atoms with Crippen LogP contribution in [0.5, 0.6) is 5.75 Å². The third-order valence-electron chi connectivity index (χ3n) is 4.63. The summed E-state index contributed by atoms with van der Waals surface area (Å²) in [4.78, 5) is 17.4. The number of fused-ring (bicyclic) bond motifs is 1. The lowest BCUT2D eigenvalue weighted by Crippen LogP contribution is -2.16. The Hall–Kier alpha value is -3.21. The Bertz CT molecular complexity index is 973. The van der Waals surface area contributed by atoms with Crippen LogP contribution < -0.4 is 10.1 Å². The molecule has 1 unspecified atom stereocenters. The van der Waals surface area contributed by atoms with Crippen molar-refractivity contribution < 1.29 is 13.9 Å². The summed E-state index contributed by atoms with van der Waals surface area (Å²) in [7, 11) is 1.49. The number of benzene rings is 2. The normalized spacial score (nSPS) is 15.2. The zero-order valence-electron chi connectivity index (χ0n) is 14.2. The summed E-state index contributed by atoms with van der Waals surface area (Å²) in [5.74, 6) is -0.178. The maximum atomic E-state index is 14.2. The third kappa shape index (κ3) is 2.81. The number of hydrogen-bond acceptors (Lipinski definition) is 4. The average molecular weight is 348 g/mol. The number of hydrogen-bond donors (Lipinski definition) is 1. The average Bonchev–Trinajstić information content (AvgIpc) is 3.11. The van der Waals surface area contributed by atoms with Crippen LogP contribution in [0.4, 0.5) is 10.2 Å². The molecular weight excluding hydrogens is 331 g/mol. The SMILES string of the molecule is COc1ccc(F)c(C(=O)C2CNc3ncc(-c4ccccc4)cc32)c1. The Labute approximate surface area is 150 Å². The Morgan fingerprint density at radius 1 is 1.15 bits per heavy atom. The van der Waals surface area contributed by atoms with Crippen molar-refractivity contribution in [2.75, 3.05) is 19.0 Å². The molecule has 0 saturated carbocycles. The molecule has 2 aromatic carbocycles. The Kier molecular flexibility index (Phi) is 4.13. The molecule has 0 bridgehead atoms. The van der Waals surface area contributed by atoms with E-state index in [1.54, 1.807) is 6.20 Å². The van der Waals surface area contributed by atoms with E-state index in [2.05, 4.69) is 10.3 Å². The van der Waals surface area contributed by atoms with Crippen molar-refractivity contribution in [1.29, 1.82) is 0 Å². The fraction of sp³-hybridized carbons (Fsp3) is 0.143. The second-order valence-electron chi connectivity index (χ2n) is 6.17. The van der Waals surface area contributed by atoms with Crippen LogP contribution in [0.25, 0.3) is 11.1 Å². The Morgan fingerprint density at radius 3 is 2.73 bits per heavy atom. The molecule has 3 aromatic rings. The Morgan fingerprint density at radius 2 is 1.96 bits per heavy atom. The fourth-order valence-corrected chi connectivity index (χ4v) is 3.23. The molecule has 0 amide bonds. The number of ether oxygens (including phenoxy) is 1. The van der Waals surface area contributed by atoms with Gasteiger partial charge in [-0.05, 0) is 29.8 Å². The van der Waals surface area contributed by atoms with Crippen LogP contribution in [-0.4, -0.2) is 24.4 Å². The second-order valence-corrected chi connectivity index (χ2v) is 6.17. The minimum absolute atomic E-state index is 0.0362. The van der Waals surface area contributed by atoms with E-state index in [1.807, 2.05) is 36.4 Å². The molecule has 0 spiro atoms. The van der Waals surface area contributed by atoms with E-state index in [0.717, 1.165) is 16.7 Å². The summed E-state index contributed by atoms with van der Waals surface area (Å²) < 4.78 is 19.3. The van der Waals surface area contributed by atoms with Gasteiger partial charge in [-0.2, -0.15) is 0 Å². The smallest absolute Gasteiger partial charge is 0.175 e. The van der Waals surface area contributed by atoms with E-state index in [9.17, 15) is 9.18 Å². The highest BCUT2D eigenvalue weighted by atomic mass is 19.1. The van der Waals surface area contributed by atoms with Gasteiger partial charge in [0.15, 0.2) is 5.78 Å². The standard InChI is InChI=1S/C21H17FN2O2/c1-26-15-7-8-19(22)17(10-15)20(25)18-12-24-21-16(18)9-14(11-23-21)13-5-3-2-4-6-13/h2-11,18H,12H2,1H3,(H,23,24). The predicted octanol–water partition coefficient (Wildman–Crippen LogP) is 4.29. The van der Waals surface area contributed by atoms with Crippen LogP contribution >= 0.6 is 0 Å². The van der Waals surface area contributed by atoms with Gasteiger partial charge in [0, 0.05) is 23.9 Å². The van der Waals surface area contributed by atoms with Gasteiger partial charge < -0.3 is 10.1 Å². The van der Waals surface area contributed by atoms with Crippen molar-refractivity contribution in [3.8, 4) is 16.9 Å². The van der Waals surface area contributed by atoms with Crippen LogP contribution in [0.15, 0.2) is 60.8 Å². The summed E-state index contributed by atoms with van der Waals surface area (Å²) in [6, 6.07) is 16.0. The molecule has 5 heteroatoms. The molecule has 1 aliphatic heterocycles. The third-order valence-corrected chi connectivity index (χ3v) is 4.63. The first kappa shape index (κ1) is 16.3. The molecule has 0 radical (unpaired) electrons. The lowest BCUT2D eigenvalue weighted by Gasteiger charge is -2.12. The molecule has 1 aromatic heterocycles. The molecule has 1 atom stereocenters. The van der Waals surface area contributed by atoms with Gasteiger partial charge in [0.25, 0.3) is 0 Å². The summed E-state index contributed by atoms with van der Waals surface area (Å²) in [5, 5.41) is 3.14. The van der Waals surface area contributed by atoms with Crippen LogP contribution in [0.1, 0.15) is 21.8 Å². The topological polar surface area (TPSA) is 51.2 Å². The molecule has 4 rings (SSSR count). The fourth-order valence-electron chi connectivity index (χ4n) is 3.23. The minimum atomic E-state index is -0.545. The number of carbonyl (C=O) groups excluding carboxylic acids is 1. The van der Waals surface area contributed by atoms with Gasteiger partial charge in [0.1, 0.15) is 17.4 Å². The molecule has 0 fully saturated rings. The van der Waals surface area contributed by atoms with Crippen molar-refractivity contribution in [2.45, 2.75) is 5.92 Å². The highest BCUT2D eigenvalue weighted by Crippen LogP contribution is 2.36. The predicted molar refractivity (Wildman–Crippen MR) is 98.2 cm³/mol. The molecule has 1 aliphatic rings. The molecule has 130 valence electrons. The van der Waals surface area contributed by atoms with Crippen molar-refractivity contribution in [2.24, 2.45) is 0 Å². The lowest BCUT2D eigenvalue weighted by atomic mass is 9.91.